The maximum atomic E-state index is 12.9. The number of amides is 1. The van der Waals surface area contributed by atoms with Crippen molar-refractivity contribution in [2.45, 2.75) is 31.2 Å². The molecule has 1 N–H and O–H groups in total. The van der Waals surface area contributed by atoms with Gasteiger partial charge < -0.3 is 4.90 Å². The number of rotatable bonds is 3. The molecule has 5 nitrogen and oxygen atoms in total. The van der Waals surface area contributed by atoms with Crippen molar-refractivity contribution in [2.24, 2.45) is 0 Å². The van der Waals surface area contributed by atoms with Crippen LogP contribution in [0.15, 0.2) is 47.4 Å². The van der Waals surface area contributed by atoms with E-state index in [0.717, 1.165) is 11.3 Å². The molecular weight excluding hydrogens is 331 g/mol. The Kier molecular flexibility index (Phi) is 4.04. The molecule has 0 radical (unpaired) electrons. The smallest absolute Gasteiger partial charge is 0.261 e. The van der Waals surface area contributed by atoms with E-state index in [9.17, 15) is 17.6 Å². The number of hydrogen-bond acceptors (Lipinski definition) is 3. The summed E-state index contributed by atoms with van der Waals surface area (Å²) in [5, 5.41) is 0. The number of carbonyl (C=O) groups excluding carboxylic acids is 1. The monoisotopic (exact) mass is 348 g/mol. The summed E-state index contributed by atoms with van der Waals surface area (Å²) in [6.45, 7) is 3.42. The van der Waals surface area contributed by atoms with Gasteiger partial charge in [0.15, 0.2) is 0 Å². The van der Waals surface area contributed by atoms with E-state index in [1.165, 1.54) is 37.3 Å². The zero-order valence-corrected chi connectivity index (χ0v) is 14.1. The number of benzene rings is 2. The van der Waals surface area contributed by atoms with Gasteiger partial charge in [-0.05, 0) is 61.4 Å². The lowest BCUT2D eigenvalue weighted by Crippen LogP contribution is -2.33. The molecule has 2 aromatic carbocycles. The van der Waals surface area contributed by atoms with Gasteiger partial charge in [-0.3, -0.25) is 9.52 Å². The molecule has 1 aliphatic rings. The highest BCUT2D eigenvalue weighted by Crippen LogP contribution is 2.34. The Morgan fingerprint density at radius 3 is 2.50 bits per heavy atom. The van der Waals surface area contributed by atoms with Gasteiger partial charge in [-0.25, -0.2) is 12.8 Å². The van der Waals surface area contributed by atoms with Crippen LogP contribution in [0.25, 0.3) is 0 Å². The highest BCUT2D eigenvalue weighted by Gasteiger charge is 2.30. The fourth-order valence-corrected chi connectivity index (χ4v) is 4.10. The molecule has 0 aliphatic carbocycles. The molecule has 3 rings (SSSR count). The van der Waals surface area contributed by atoms with Crippen LogP contribution >= 0.6 is 0 Å². The number of anilines is 2. The van der Waals surface area contributed by atoms with E-state index in [1.54, 1.807) is 17.0 Å². The van der Waals surface area contributed by atoms with Crippen molar-refractivity contribution in [1.82, 2.24) is 0 Å². The molecule has 1 amide bonds. The molecule has 7 heteroatoms. The number of carbonyl (C=O) groups is 1. The first-order chi connectivity index (χ1) is 11.3. The second-order valence-electron chi connectivity index (χ2n) is 5.85. The highest BCUT2D eigenvalue weighted by atomic mass is 32.2. The molecule has 2 aromatic rings. The van der Waals surface area contributed by atoms with Crippen LogP contribution in [0.5, 0.6) is 0 Å². The lowest BCUT2D eigenvalue weighted by Gasteiger charge is -2.20. The van der Waals surface area contributed by atoms with Crippen LogP contribution in [0, 0.1) is 5.82 Å². The van der Waals surface area contributed by atoms with Gasteiger partial charge in [-0.2, -0.15) is 0 Å². The van der Waals surface area contributed by atoms with Gasteiger partial charge in [0, 0.05) is 24.3 Å². The molecule has 1 heterocycles. The SMILES string of the molecule is CC(=O)N1c2ccc(S(=O)(=O)Nc3ccc(F)cc3)cc2C[C@@H]1C. The third kappa shape index (κ3) is 2.99. The maximum Gasteiger partial charge on any atom is 0.261 e. The minimum atomic E-state index is -3.78. The zero-order chi connectivity index (χ0) is 17.5. The van der Waals surface area contributed by atoms with Crippen molar-refractivity contribution in [2.75, 3.05) is 9.62 Å². The van der Waals surface area contributed by atoms with Gasteiger partial charge in [0.2, 0.25) is 5.91 Å². The second kappa shape index (κ2) is 5.90. The molecule has 1 atom stereocenters. The topological polar surface area (TPSA) is 66.5 Å². The molecule has 0 fully saturated rings. The standard InChI is InChI=1S/C17H17FN2O3S/c1-11-9-13-10-16(7-8-17(13)20(11)12(2)21)24(22,23)19-15-5-3-14(18)4-6-15/h3-8,10-11,19H,9H2,1-2H3/t11-/m0/s1. The first-order valence-electron chi connectivity index (χ1n) is 7.49. The lowest BCUT2D eigenvalue weighted by atomic mass is 10.1. The Morgan fingerprint density at radius 1 is 1.21 bits per heavy atom. The van der Waals surface area contributed by atoms with Crippen LogP contribution in [0.3, 0.4) is 0 Å². The average molecular weight is 348 g/mol. The summed E-state index contributed by atoms with van der Waals surface area (Å²) in [6.07, 6.45) is 0.606. The van der Waals surface area contributed by atoms with Crippen molar-refractivity contribution < 1.29 is 17.6 Å². The van der Waals surface area contributed by atoms with E-state index >= 15 is 0 Å². The van der Waals surface area contributed by atoms with Gasteiger partial charge in [-0.1, -0.05) is 0 Å². The van der Waals surface area contributed by atoms with Crippen LogP contribution in [0.1, 0.15) is 19.4 Å². The first-order valence-corrected chi connectivity index (χ1v) is 8.97. The summed E-state index contributed by atoms with van der Waals surface area (Å²) in [4.78, 5) is 13.5. The number of sulfonamides is 1. The van der Waals surface area contributed by atoms with Crippen molar-refractivity contribution >= 4 is 27.3 Å². The minimum absolute atomic E-state index is 0.000474. The number of nitrogens with zero attached hydrogens (tertiary/aromatic N) is 1. The van der Waals surface area contributed by atoms with E-state index in [1.807, 2.05) is 6.92 Å². The Morgan fingerprint density at radius 2 is 1.88 bits per heavy atom. The van der Waals surface area contributed by atoms with Crippen LogP contribution in [-0.4, -0.2) is 20.4 Å². The third-order valence-corrected chi connectivity index (χ3v) is 5.39. The maximum absolute atomic E-state index is 12.9. The number of hydrogen-bond donors (Lipinski definition) is 1. The van der Waals surface area contributed by atoms with Crippen molar-refractivity contribution in [1.29, 1.82) is 0 Å². The van der Waals surface area contributed by atoms with Gasteiger partial charge in [0.1, 0.15) is 5.82 Å². The summed E-state index contributed by atoms with van der Waals surface area (Å²) in [7, 11) is -3.78. The Labute approximate surface area is 140 Å². The van der Waals surface area contributed by atoms with E-state index in [-0.39, 0.29) is 22.5 Å². The van der Waals surface area contributed by atoms with Gasteiger partial charge in [-0.15, -0.1) is 0 Å². The molecule has 0 spiro atoms. The minimum Gasteiger partial charge on any atom is -0.309 e. The molecule has 0 saturated heterocycles. The summed E-state index contributed by atoms with van der Waals surface area (Å²) in [6, 6.07) is 9.80. The molecule has 24 heavy (non-hydrogen) atoms. The Balaban J connectivity index is 1.92. The molecule has 126 valence electrons. The molecular formula is C17H17FN2O3S. The fraction of sp³-hybridized carbons (Fsp3) is 0.235. The Hall–Kier alpha value is -2.41. The summed E-state index contributed by atoms with van der Waals surface area (Å²) in [5.74, 6) is -0.505. The van der Waals surface area contributed by atoms with Crippen LogP contribution in [0.4, 0.5) is 15.8 Å². The molecule has 0 bridgehead atoms. The van der Waals surface area contributed by atoms with Gasteiger partial charge in [0.05, 0.1) is 4.90 Å². The third-order valence-electron chi connectivity index (χ3n) is 4.01. The summed E-state index contributed by atoms with van der Waals surface area (Å²) >= 11 is 0. The summed E-state index contributed by atoms with van der Waals surface area (Å²) in [5.41, 5.74) is 1.85. The van der Waals surface area contributed by atoms with E-state index in [4.69, 9.17) is 0 Å². The zero-order valence-electron chi connectivity index (χ0n) is 13.3. The van der Waals surface area contributed by atoms with Gasteiger partial charge >= 0.3 is 0 Å². The Bertz CT molecular complexity index is 895. The first kappa shape index (κ1) is 16.4. The number of fused-ring (bicyclic) bond motifs is 1. The van der Waals surface area contributed by atoms with Gasteiger partial charge in [0.25, 0.3) is 10.0 Å². The molecule has 0 aromatic heterocycles. The van der Waals surface area contributed by atoms with Crippen LogP contribution in [0.2, 0.25) is 0 Å². The molecule has 1 aliphatic heterocycles. The largest absolute Gasteiger partial charge is 0.309 e. The van der Waals surface area contributed by atoms with E-state index in [0.29, 0.717) is 6.42 Å². The number of halogens is 1. The highest BCUT2D eigenvalue weighted by molar-refractivity contribution is 7.92. The van der Waals surface area contributed by atoms with Crippen molar-refractivity contribution in [3.63, 3.8) is 0 Å². The quantitative estimate of drug-likeness (QED) is 0.927. The normalized spacial score (nSPS) is 16.8. The van der Waals surface area contributed by atoms with E-state index < -0.39 is 15.8 Å². The van der Waals surface area contributed by atoms with Crippen LogP contribution in [-0.2, 0) is 21.2 Å². The average Bonchev–Trinajstić information content (AvgIpc) is 2.84. The van der Waals surface area contributed by atoms with Crippen LogP contribution < -0.4 is 9.62 Å². The van der Waals surface area contributed by atoms with E-state index in [2.05, 4.69) is 4.72 Å². The predicted molar refractivity (Wildman–Crippen MR) is 90.0 cm³/mol. The second-order valence-corrected chi connectivity index (χ2v) is 7.53. The molecule has 0 unspecified atom stereocenters. The molecule has 0 saturated carbocycles. The predicted octanol–water partition coefficient (Wildman–Crippen LogP) is 2.92. The fourth-order valence-electron chi connectivity index (χ4n) is 2.99. The van der Waals surface area contributed by atoms with Crippen molar-refractivity contribution in [3.05, 3.63) is 53.8 Å². The number of nitrogens with one attached hydrogen (secondary N) is 1. The lowest BCUT2D eigenvalue weighted by molar-refractivity contribution is -0.116. The summed E-state index contributed by atoms with van der Waals surface area (Å²) < 4.78 is 40.3. The van der Waals surface area contributed by atoms with Crippen molar-refractivity contribution in [3.8, 4) is 0 Å².